The topological polar surface area (TPSA) is 37.8 Å². The Morgan fingerprint density at radius 2 is 1.83 bits per heavy atom. The van der Waals surface area contributed by atoms with E-state index in [2.05, 4.69) is 36.1 Å². The molecule has 0 atom stereocenters. The lowest BCUT2D eigenvalue weighted by molar-refractivity contribution is 0.173. The van der Waals surface area contributed by atoms with Gasteiger partial charge in [0.25, 0.3) is 0 Å². The number of hydrogen-bond acceptors (Lipinski definition) is 3. The van der Waals surface area contributed by atoms with Gasteiger partial charge in [-0.2, -0.15) is 0 Å². The molecule has 3 nitrogen and oxygen atoms in total. The summed E-state index contributed by atoms with van der Waals surface area (Å²) < 4.78 is 0. The molecule has 2 rings (SSSR count). The van der Waals surface area contributed by atoms with E-state index in [1.807, 2.05) is 0 Å². The van der Waals surface area contributed by atoms with E-state index in [9.17, 15) is 0 Å². The molecule has 0 radical (unpaired) electrons. The predicted molar refractivity (Wildman–Crippen MR) is 75.9 cm³/mol. The van der Waals surface area contributed by atoms with Gasteiger partial charge in [0.2, 0.25) is 0 Å². The van der Waals surface area contributed by atoms with Gasteiger partial charge in [-0.1, -0.05) is 32.4 Å². The van der Waals surface area contributed by atoms with Gasteiger partial charge in [0.1, 0.15) is 17.3 Å². The van der Waals surface area contributed by atoms with E-state index < -0.39 is 0 Å². The summed E-state index contributed by atoms with van der Waals surface area (Å²) in [5.74, 6) is 1.68. The molecular formula is C14H22ClN3. The van der Waals surface area contributed by atoms with E-state index in [0.717, 1.165) is 11.7 Å². The van der Waals surface area contributed by atoms with Crippen LogP contribution >= 0.6 is 11.6 Å². The van der Waals surface area contributed by atoms with Gasteiger partial charge in [-0.15, -0.1) is 0 Å². The molecule has 1 heterocycles. The van der Waals surface area contributed by atoms with Crippen LogP contribution in [0.3, 0.4) is 0 Å². The average molecular weight is 268 g/mol. The molecule has 1 N–H and O–H groups in total. The standard InChI is InChI=1S/C14H22ClN3/c1-14(2,3)10-4-6-11(7-5-10)18-13-8-12(15)16-9-17-13/h8-11H,4-7H2,1-3H3,(H,16,17,18)/t10-,11+. The lowest BCUT2D eigenvalue weighted by atomic mass is 9.71. The molecule has 1 aromatic rings. The molecule has 0 spiro atoms. The fourth-order valence-electron chi connectivity index (χ4n) is 2.73. The van der Waals surface area contributed by atoms with Gasteiger partial charge in [-0.25, -0.2) is 9.97 Å². The Morgan fingerprint density at radius 1 is 1.17 bits per heavy atom. The molecule has 0 saturated heterocycles. The Morgan fingerprint density at radius 3 is 2.39 bits per heavy atom. The Kier molecular flexibility index (Phi) is 4.10. The predicted octanol–water partition coefficient (Wildman–Crippen LogP) is 4.15. The summed E-state index contributed by atoms with van der Waals surface area (Å²) in [5, 5.41) is 3.95. The Hall–Kier alpha value is -0.830. The summed E-state index contributed by atoms with van der Waals surface area (Å²) in [6.07, 6.45) is 6.51. The van der Waals surface area contributed by atoms with Crippen LogP contribution in [0.25, 0.3) is 0 Å². The molecule has 1 fully saturated rings. The minimum Gasteiger partial charge on any atom is -0.367 e. The van der Waals surface area contributed by atoms with Gasteiger partial charge in [-0.05, 0) is 37.0 Å². The summed E-state index contributed by atoms with van der Waals surface area (Å²) in [6, 6.07) is 2.31. The minimum atomic E-state index is 0.434. The molecule has 0 bridgehead atoms. The molecule has 4 heteroatoms. The fraction of sp³-hybridized carbons (Fsp3) is 0.714. The first-order chi connectivity index (χ1) is 8.45. The zero-order valence-electron chi connectivity index (χ0n) is 11.4. The maximum Gasteiger partial charge on any atom is 0.134 e. The van der Waals surface area contributed by atoms with Gasteiger partial charge in [0.15, 0.2) is 0 Å². The lowest BCUT2D eigenvalue weighted by Gasteiger charge is -2.37. The second-order valence-electron chi connectivity index (χ2n) is 6.28. The van der Waals surface area contributed by atoms with Crippen molar-refractivity contribution in [2.75, 3.05) is 5.32 Å². The van der Waals surface area contributed by atoms with Crippen molar-refractivity contribution in [3.8, 4) is 0 Å². The van der Waals surface area contributed by atoms with Crippen LogP contribution in [0.4, 0.5) is 5.82 Å². The highest BCUT2D eigenvalue weighted by molar-refractivity contribution is 6.29. The van der Waals surface area contributed by atoms with Crippen LogP contribution in [-0.4, -0.2) is 16.0 Å². The largest absolute Gasteiger partial charge is 0.367 e. The van der Waals surface area contributed by atoms with Crippen LogP contribution in [0.15, 0.2) is 12.4 Å². The highest BCUT2D eigenvalue weighted by Gasteiger charge is 2.29. The zero-order valence-corrected chi connectivity index (χ0v) is 12.2. The lowest BCUT2D eigenvalue weighted by Crippen LogP contribution is -2.31. The van der Waals surface area contributed by atoms with Crippen LogP contribution in [-0.2, 0) is 0 Å². The molecule has 100 valence electrons. The number of rotatable bonds is 2. The SMILES string of the molecule is CC(C)(C)[C@H]1CC[C@@H](Nc2cc(Cl)ncn2)CC1. The molecule has 0 aliphatic heterocycles. The molecule has 18 heavy (non-hydrogen) atoms. The molecule has 1 aromatic heterocycles. The number of halogens is 1. The molecule has 0 aromatic carbocycles. The summed E-state index contributed by atoms with van der Waals surface area (Å²) >= 11 is 5.85. The summed E-state index contributed by atoms with van der Waals surface area (Å²) in [7, 11) is 0. The molecule has 1 saturated carbocycles. The molecular weight excluding hydrogens is 246 g/mol. The third kappa shape index (κ3) is 3.58. The number of anilines is 1. The van der Waals surface area contributed by atoms with Crippen molar-refractivity contribution < 1.29 is 0 Å². The maximum absolute atomic E-state index is 5.85. The normalized spacial score (nSPS) is 24.9. The Balaban J connectivity index is 1.87. The number of aromatic nitrogens is 2. The van der Waals surface area contributed by atoms with E-state index in [1.54, 1.807) is 6.07 Å². The van der Waals surface area contributed by atoms with Gasteiger partial charge in [0, 0.05) is 12.1 Å². The minimum absolute atomic E-state index is 0.434. The number of nitrogens with zero attached hydrogens (tertiary/aromatic N) is 2. The van der Waals surface area contributed by atoms with Crippen molar-refractivity contribution in [3.63, 3.8) is 0 Å². The van der Waals surface area contributed by atoms with Gasteiger partial charge in [-0.3, -0.25) is 0 Å². The van der Waals surface area contributed by atoms with Crippen LogP contribution in [0.2, 0.25) is 5.15 Å². The van der Waals surface area contributed by atoms with Crippen LogP contribution in [0.5, 0.6) is 0 Å². The van der Waals surface area contributed by atoms with Crippen LogP contribution in [0.1, 0.15) is 46.5 Å². The second kappa shape index (κ2) is 5.43. The van der Waals surface area contributed by atoms with E-state index >= 15 is 0 Å². The van der Waals surface area contributed by atoms with Gasteiger partial charge >= 0.3 is 0 Å². The third-order valence-corrected chi connectivity index (χ3v) is 4.14. The third-order valence-electron chi connectivity index (χ3n) is 3.94. The van der Waals surface area contributed by atoms with Gasteiger partial charge in [0.05, 0.1) is 0 Å². The van der Waals surface area contributed by atoms with Crippen molar-refractivity contribution >= 4 is 17.4 Å². The number of hydrogen-bond donors (Lipinski definition) is 1. The molecule has 1 aliphatic carbocycles. The molecule has 0 amide bonds. The van der Waals surface area contributed by atoms with Crippen molar-refractivity contribution in [1.29, 1.82) is 0 Å². The van der Waals surface area contributed by atoms with Crippen molar-refractivity contribution in [2.24, 2.45) is 11.3 Å². The van der Waals surface area contributed by atoms with Crippen molar-refractivity contribution in [3.05, 3.63) is 17.5 Å². The molecule has 1 aliphatic rings. The summed E-state index contributed by atoms with van der Waals surface area (Å²) in [5.41, 5.74) is 0.434. The van der Waals surface area contributed by atoms with Crippen molar-refractivity contribution in [2.45, 2.75) is 52.5 Å². The molecule has 0 unspecified atom stereocenters. The summed E-state index contributed by atoms with van der Waals surface area (Å²) in [4.78, 5) is 8.09. The first kappa shape index (κ1) is 13.6. The van der Waals surface area contributed by atoms with E-state index in [1.165, 1.54) is 32.0 Å². The number of nitrogens with one attached hydrogen (secondary N) is 1. The van der Waals surface area contributed by atoms with E-state index in [0.29, 0.717) is 16.6 Å². The summed E-state index contributed by atoms with van der Waals surface area (Å²) in [6.45, 7) is 7.03. The zero-order chi connectivity index (χ0) is 13.2. The van der Waals surface area contributed by atoms with Gasteiger partial charge < -0.3 is 5.32 Å². The second-order valence-corrected chi connectivity index (χ2v) is 6.67. The Bertz CT molecular complexity index is 392. The smallest absolute Gasteiger partial charge is 0.134 e. The van der Waals surface area contributed by atoms with Crippen molar-refractivity contribution in [1.82, 2.24) is 9.97 Å². The van der Waals surface area contributed by atoms with E-state index in [4.69, 9.17) is 11.6 Å². The highest BCUT2D eigenvalue weighted by atomic mass is 35.5. The van der Waals surface area contributed by atoms with Crippen LogP contribution < -0.4 is 5.32 Å². The van der Waals surface area contributed by atoms with E-state index in [-0.39, 0.29) is 0 Å². The monoisotopic (exact) mass is 267 g/mol. The average Bonchev–Trinajstić information content (AvgIpc) is 2.28. The maximum atomic E-state index is 5.85. The van der Waals surface area contributed by atoms with Crippen LogP contribution in [0, 0.1) is 11.3 Å². The first-order valence-electron chi connectivity index (χ1n) is 6.69. The Labute approximate surface area is 114 Å². The quantitative estimate of drug-likeness (QED) is 0.818. The highest BCUT2D eigenvalue weighted by Crippen LogP contribution is 2.38. The first-order valence-corrected chi connectivity index (χ1v) is 7.07. The fourth-order valence-corrected chi connectivity index (χ4v) is 2.87.